The zero-order valence-electron chi connectivity index (χ0n) is 27.9. The molecule has 4 nitrogen and oxygen atoms in total. The Morgan fingerprint density at radius 2 is 0.904 bits per heavy atom. The van der Waals surface area contributed by atoms with Crippen molar-refractivity contribution in [1.82, 2.24) is 19.5 Å². The average Bonchev–Trinajstić information content (AvgIpc) is 3.74. The van der Waals surface area contributed by atoms with Crippen LogP contribution < -0.4 is 0 Å². The summed E-state index contributed by atoms with van der Waals surface area (Å²) in [4.78, 5) is 15.2. The van der Waals surface area contributed by atoms with E-state index < -0.39 is 0 Å². The molecular formula is C47H28N4S. The summed E-state index contributed by atoms with van der Waals surface area (Å²) in [6.45, 7) is 0. The van der Waals surface area contributed by atoms with Crippen molar-refractivity contribution < 1.29 is 0 Å². The normalized spacial score (nSPS) is 11.8. The SMILES string of the molecule is c1ccc(-c2nc(-c3ccccc3)nc(-c3cccc4sc5ccc(-n6c7cc8ccccc8cc7c7cc8ccccc8cc76)cc5c34)n2)cc1. The minimum Gasteiger partial charge on any atom is -0.309 e. The molecule has 242 valence electrons. The predicted octanol–water partition coefficient (Wildman–Crippen LogP) is 12.6. The number of fused-ring (bicyclic) bond motifs is 8. The zero-order valence-corrected chi connectivity index (χ0v) is 28.7. The topological polar surface area (TPSA) is 43.6 Å². The van der Waals surface area contributed by atoms with Crippen LogP contribution in [0.2, 0.25) is 0 Å². The van der Waals surface area contributed by atoms with Gasteiger partial charge in [0.25, 0.3) is 0 Å². The molecule has 3 aromatic heterocycles. The van der Waals surface area contributed by atoms with Crippen LogP contribution in [0.1, 0.15) is 0 Å². The molecular weight excluding hydrogens is 653 g/mol. The third-order valence-corrected chi connectivity index (χ3v) is 11.3. The van der Waals surface area contributed by atoms with Crippen molar-refractivity contribution in [3.05, 3.63) is 170 Å². The van der Waals surface area contributed by atoms with Crippen LogP contribution >= 0.6 is 11.3 Å². The van der Waals surface area contributed by atoms with E-state index in [0.29, 0.717) is 17.5 Å². The molecule has 8 aromatic carbocycles. The van der Waals surface area contributed by atoms with E-state index in [9.17, 15) is 0 Å². The maximum Gasteiger partial charge on any atom is 0.164 e. The molecule has 3 heterocycles. The van der Waals surface area contributed by atoms with Crippen LogP contribution in [0.4, 0.5) is 0 Å². The molecule has 11 aromatic rings. The van der Waals surface area contributed by atoms with E-state index in [-0.39, 0.29) is 0 Å². The van der Waals surface area contributed by atoms with Crippen molar-refractivity contribution in [2.75, 3.05) is 0 Å². The van der Waals surface area contributed by atoms with Crippen molar-refractivity contribution in [1.29, 1.82) is 0 Å². The molecule has 0 atom stereocenters. The van der Waals surface area contributed by atoms with E-state index >= 15 is 0 Å². The Bertz CT molecular complexity index is 3030. The summed E-state index contributed by atoms with van der Waals surface area (Å²) in [5, 5.41) is 9.79. The van der Waals surface area contributed by atoms with E-state index in [0.717, 1.165) is 27.8 Å². The summed E-state index contributed by atoms with van der Waals surface area (Å²) in [6, 6.07) is 60.4. The van der Waals surface area contributed by atoms with Gasteiger partial charge < -0.3 is 4.57 Å². The number of rotatable bonds is 4. The maximum absolute atomic E-state index is 5.13. The highest BCUT2D eigenvalue weighted by Crippen LogP contribution is 2.43. The Hall–Kier alpha value is -6.69. The summed E-state index contributed by atoms with van der Waals surface area (Å²) >= 11 is 1.81. The summed E-state index contributed by atoms with van der Waals surface area (Å²) in [5.41, 5.74) is 6.43. The number of hydrogen-bond acceptors (Lipinski definition) is 4. The highest BCUT2D eigenvalue weighted by Gasteiger charge is 2.19. The smallest absolute Gasteiger partial charge is 0.164 e. The maximum atomic E-state index is 5.13. The van der Waals surface area contributed by atoms with Crippen molar-refractivity contribution >= 4 is 74.9 Å². The molecule has 0 aliphatic rings. The lowest BCUT2D eigenvalue weighted by Gasteiger charge is -2.11. The summed E-state index contributed by atoms with van der Waals surface area (Å²) in [5.74, 6) is 1.98. The van der Waals surface area contributed by atoms with Gasteiger partial charge in [0, 0.05) is 53.3 Å². The first-order valence-corrected chi connectivity index (χ1v) is 18.3. The third kappa shape index (κ3) is 4.57. The fourth-order valence-electron chi connectivity index (χ4n) is 7.74. The van der Waals surface area contributed by atoms with Crippen LogP contribution in [0.5, 0.6) is 0 Å². The number of aromatic nitrogens is 4. The largest absolute Gasteiger partial charge is 0.309 e. The lowest BCUT2D eigenvalue weighted by molar-refractivity contribution is 1.08. The van der Waals surface area contributed by atoms with Gasteiger partial charge in [-0.2, -0.15) is 0 Å². The van der Waals surface area contributed by atoms with Gasteiger partial charge in [-0.25, -0.2) is 15.0 Å². The Morgan fingerprint density at radius 1 is 0.385 bits per heavy atom. The van der Waals surface area contributed by atoms with Crippen molar-refractivity contribution in [3.63, 3.8) is 0 Å². The summed E-state index contributed by atoms with van der Waals surface area (Å²) in [7, 11) is 0. The lowest BCUT2D eigenvalue weighted by atomic mass is 10.0. The van der Waals surface area contributed by atoms with E-state index in [1.807, 2.05) is 47.7 Å². The molecule has 0 amide bonds. The van der Waals surface area contributed by atoms with Crippen molar-refractivity contribution in [2.45, 2.75) is 0 Å². The average molecular weight is 681 g/mol. The van der Waals surface area contributed by atoms with Gasteiger partial charge in [-0.05, 0) is 70.1 Å². The van der Waals surface area contributed by atoms with E-state index in [4.69, 9.17) is 15.0 Å². The van der Waals surface area contributed by atoms with Gasteiger partial charge in [-0.1, -0.05) is 121 Å². The molecule has 0 saturated carbocycles. The first-order valence-electron chi connectivity index (χ1n) is 17.4. The van der Waals surface area contributed by atoms with Crippen LogP contribution in [0, 0.1) is 0 Å². The van der Waals surface area contributed by atoms with E-state index in [2.05, 4.69) is 138 Å². The highest BCUT2D eigenvalue weighted by molar-refractivity contribution is 7.26. The van der Waals surface area contributed by atoms with Gasteiger partial charge in [-0.15, -0.1) is 11.3 Å². The molecule has 0 N–H and O–H groups in total. The number of hydrogen-bond donors (Lipinski definition) is 0. The number of nitrogens with zero attached hydrogens (tertiary/aromatic N) is 4. The number of thiophene rings is 1. The molecule has 0 aliphatic heterocycles. The molecule has 0 saturated heterocycles. The first kappa shape index (κ1) is 29.1. The molecule has 0 aliphatic carbocycles. The van der Waals surface area contributed by atoms with Gasteiger partial charge in [0.2, 0.25) is 0 Å². The highest BCUT2D eigenvalue weighted by atomic mass is 32.1. The summed E-state index contributed by atoms with van der Waals surface area (Å²) in [6.07, 6.45) is 0. The molecule has 0 radical (unpaired) electrons. The van der Waals surface area contributed by atoms with Crippen LogP contribution in [0.3, 0.4) is 0 Å². The van der Waals surface area contributed by atoms with Crippen molar-refractivity contribution in [2.24, 2.45) is 0 Å². The molecule has 52 heavy (non-hydrogen) atoms. The Kier molecular flexibility index (Phi) is 6.39. The van der Waals surface area contributed by atoms with Gasteiger partial charge >= 0.3 is 0 Å². The minimum absolute atomic E-state index is 0.659. The van der Waals surface area contributed by atoms with Crippen LogP contribution in [0.25, 0.3) is 103 Å². The zero-order chi connectivity index (χ0) is 34.2. The Balaban J connectivity index is 1.19. The quantitative estimate of drug-likeness (QED) is 0.186. The molecule has 0 spiro atoms. The van der Waals surface area contributed by atoms with E-state index in [1.165, 1.54) is 58.1 Å². The lowest BCUT2D eigenvalue weighted by Crippen LogP contribution is -2.00. The molecule has 0 fully saturated rings. The van der Waals surface area contributed by atoms with Gasteiger partial charge in [-0.3, -0.25) is 0 Å². The van der Waals surface area contributed by atoms with Gasteiger partial charge in [0.05, 0.1) is 11.0 Å². The van der Waals surface area contributed by atoms with Crippen LogP contribution in [-0.2, 0) is 0 Å². The fourth-order valence-corrected chi connectivity index (χ4v) is 8.85. The molecule has 11 rings (SSSR count). The second-order valence-corrected chi connectivity index (χ2v) is 14.4. The van der Waals surface area contributed by atoms with Crippen LogP contribution in [0.15, 0.2) is 170 Å². The monoisotopic (exact) mass is 680 g/mol. The minimum atomic E-state index is 0.659. The Morgan fingerprint density at radius 3 is 1.48 bits per heavy atom. The predicted molar refractivity (Wildman–Crippen MR) is 218 cm³/mol. The molecule has 0 unspecified atom stereocenters. The summed E-state index contributed by atoms with van der Waals surface area (Å²) < 4.78 is 4.87. The second kappa shape index (κ2) is 11.4. The van der Waals surface area contributed by atoms with Gasteiger partial charge in [0.1, 0.15) is 0 Å². The van der Waals surface area contributed by atoms with Crippen LogP contribution in [-0.4, -0.2) is 19.5 Å². The van der Waals surface area contributed by atoms with Crippen molar-refractivity contribution in [3.8, 4) is 39.9 Å². The molecule has 0 bridgehead atoms. The van der Waals surface area contributed by atoms with Gasteiger partial charge in [0.15, 0.2) is 17.5 Å². The second-order valence-electron chi connectivity index (χ2n) is 13.3. The Labute approximate surface area is 302 Å². The van der Waals surface area contributed by atoms with E-state index in [1.54, 1.807) is 0 Å². The first-order chi connectivity index (χ1) is 25.7. The number of benzene rings is 8. The standard InChI is InChI=1S/C47H28N4S/c1-3-12-29(13-4-1)45-48-46(30-14-5-2-6-15-30)50-47(49-45)36-20-11-21-43-44(36)39-28-35(22-23-42(39)52-43)51-40-26-33-18-9-7-16-31(33)24-37(40)38-25-32-17-8-10-19-34(32)27-41(38)51/h1-28H. The molecule has 5 heteroatoms. The third-order valence-electron chi connectivity index (χ3n) is 10.2. The fraction of sp³-hybridized carbons (Fsp3) is 0.